The van der Waals surface area contributed by atoms with E-state index in [1.165, 1.54) is 114 Å². The van der Waals surface area contributed by atoms with Gasteiger partial charge >= 0.3 is 0 Å². The van der Waals surface area contributed by atoms with E-state index in [1.54, 1.807) is 0 Å². The summed E-state index contributed by atoms with van der Waals surface area (Å²) in [5, 5.41) is 0. The number of hydrogen-bond acceptors (Lipinski definition) is 1. The molecule has 158 valence electrons. The molecule has 28 heavy (non-hydrogen) atoms. The molecule has 3 rings (SSSR count). The Balaban J connectivity index is 1.32. The summed E-state index contributed by atoms with van der Waals surface area (Å²) < 4.78 is 0. The van der Waals surface area contributed by atoms with Gasteiger partial charge in [0.1, 0.15) is 0 Å². The van der Waals surface area contributed by atoms with Gasteiger partial charge in [0.2, 0.25) is 0 Å². The first-order valence-electron chi connectivity index (χ1n) is 12.7. The van der Waals surface area contributed by atoms with E-state index in [1.807, 2.05) is 0 Å². The molecule has 1 aromatic rings. The lowest BCUT2D eigenvalue weighted by molar-refractivity contribution is 0.141. The number of aryl methyl sites for hydroxylation is 2. The SMILES string of the molecule is CCCCCc1ccc(CCC2CCC(C3CCC(CCC)CC3)CC2)nc1. The van der Waals surface area contributed by atoms with Crippen LogP contribution in [0.15, 0.2) is 18.3 Å². The van der Waals surface area contributed by atoms with Crippen LogP contribution in [0.2, 0.25) is 0 Å². The molecule has 1 heterocycles. The Morgan fingerprint density at radius 1 is 0.714 bits per heavy atom. The summed E-state index contributed by atoms with van der Waals surface area (Å²) in [5.74, 6) is 4.14. The summed E-state index contributed by atoms with van der Waals surface area (Å²) in [7, 11) is 0. The topological polar surface area (TPSA) is 12.9 Å². The van der Waals surface area contributed by atoms with E-state index in [0.29, 0.717) is 0 Å². The van der Waals surface area contributed by atoms with Crippen LogP contribution in [0, 0.1) is 23.7 Å². The summed E-state index contributed by atoms with van der Waals surface area (Å²) in [6.45, 7) is 4.62. The Kier molecular flexibility index (Phi) is 9.35. The predicted molar refractivity (Wildman–Crippen MR) is 122 cm³/mol. The molecule has 0 N–H and O–H groups in total. The molecule has 0 aromatic carbocycles. The summed E-state index contributed by atoms with van der Waals surface area (Å²) in [4.78, 5) is 4.75. The highest BCUT2D eigenvalue weighted by Crippen LogP contribution is 2.42. The molecule has 0 unspecified atom stereocenters. The molecule has 0 aliphatic heterocycles. The maximum Gasteiger partial charge on any atom is 0.0403 e. The van der Waals surface area contributed by atoms with E-state index in [-0.39, 0.29) is 0 Å². The minimum atomic E-state index is 0.957. The second kappa shape index (κ2) is 12.0. The molecule has 2 saturated carbocycles. The molecule has 0 amide bonds. The van der Waals surface area contributed by atoms with Crippen LogP contribution in [-0.4, -0.2) is 4.98 Å². The van der Waals surface area contributed by atoms with Gasteiger partial charge in [-0.1, -0.05) is 71.3 Å². The normalized spacial score (nSPS) is 28.4. The van der Waals surface area contributed by atoms with Gasteiger partial charge < -0.3 is 0 Å². The van der Waals surface area contributed by atoms with Crippen molar-refractivity contribution in [3.8, 4) is 0 Å². The fourth-order valence-corrected chi connectivity index (χ4v) is 5.99. The largest absolute Gasteiger partial charge is 0.261 e. The number of rotatable bonds is 10. The van der Waals surface area contributed by atoms with Crippen LogP contribution in [0.1, 0.15) is 115 Å². The van der Waals surface area contributed by atoms with E-state index in [2.05, 4.69) is 32.2 Å². The van der Waals surface area contributed by atoms with Crippen LogP contribution < -0.4 is 0 Å². The number of unbranched alkanes of at least 4 members (excludes halogenated alkanes) is 2. The quantitative estimate of drug-likeness (QED) is 0.371. The van der Waals surface area contributed by atoms with E-state index < -0.39 is 0 Å². The first kappa shape index (κ1) is 21.8. The number of hydrogen-bond donors (Lipinski definition) is 0. The lowest BCUT2D eigenvalue weighted by Crippen LogP contribution is -2.26. The first-order valence-corrected chi connectivity index (χ1v) is 12.7. The van der Waals surface area contributed by atoms with Crippen LogP contribution >= 0.6 is 0 Å². The fourth-order valence-electron chi connectivity index (χ4n) is 5.99. The standard InChI is InChI=1S/C27H45N/c1-3-5-6-8-24-14-20-27(28-21-24)19-13-23-11-17-26(18-12-23)25-15-9-22(7-4-2)10-16-25/h14,20-23,25-26H,3-13,15-19H2,1-2H3. The maximum atomic E-state index is 4.75. The lowest BCUT2D eigenvalue weighted by Gasteiger charge is -2.38. The van der Waals surface area contributed by atoms with Gasteiger partial charge in [-0.25, -0.2) is 0 Å². The molecule has 1 aromatic heterocycles. The van der Waals surface area contributed by atoms with Crippen molar-refractivity contribution in [3.63, 3.8) is 0 Å². The van der Waals surface area contributed by atoms with E-state index >= 15 is 0 Å². The number of nitrogens with zero attached hydrogens (tertiary/aromatic N) is 1. The van der Waals surface area contributed by atoms with Gasteiger partial charge in [0.15, 0.2) is 0 Å². The molecule has 0 bridgehead atoms. The zero-order valence-electron chi connectivity index (χ0n) is 18.8. The summed E-state index contributed by atoms with van der Waals surface area (Å²) >= 11 is 0. The van der Waals surface area contributed by atoms with Gasteiger partial charge in [-0.2, -0.15) is 0 Å². The zero-order chi connectivity index (χ0) is 19.6. The monoisotopic (exact) mass is 383 g/mol. The maximum absolute atomic E-state index is 4.75. The Morgan fingerprint density at radius 2 is 1.36 bits per heavy atom. The smallest absolute Gasteiger partial charge is 0.0403 e. The third kappa shape index (κ3) is 6.89. The number of aromatic nitrogens is 1. The summed E-state index contributed by atoms with van der Waals surface area (Å²) in [6, 6.07) is 4.62. The van der Waals surface area contributed by atoms with Crippen LogP contribution in [0.3, 0.4) is 0 Å². The average Bonchev–Trinajstić information content (AvgIpc) is 2.75. The van der Waals surface area contributed by atoms with E-state index in [0.717, 1.165) is 23.7 Å². The van der Waals surface area contributed by atoms with Crippen molar-refractivity contribution in [2.75, 3.05) is 0 Å². The average molecular weight is 384 g/mol. The highest BCUT2D eigenvalue weighted by Gasteiger charge is 2.30. The molecular weight excluding hydrogens is 338 g/mol. The van der Waals surface area contributed by atoms with E-state index in [4.69, 9.17) is 4.98 Å². The highest BCUT2D eigenvalue weighted by atomic mass is 14.7. The van der Waals surface area contributed by atoms with Crippen molar-refractivity contribution < 1.29 is 0 Å². The van der Waals surface area contributed by atoms with Crippen molar-refractivity contribution in [3.05, 3.63) is 29.6 Å². The lowest BCUT2D eigenvalue weighted by atomic mass is 9.68. The second-order valence-electron chi connectivity index (χ2n) is 10.0. The minimum Gasteiger partial charge on any atom is -0.261 e. The molecule has 0 spiro atoms. The molecule has 1 heteroatoms. The second-order valence-corrected chi connectivity index (χ2v) is 10.0. The first-order chi connectivity index (χ1) is 13.8. The minimum absolute atomic E-state index is 0.957. The molecule has 0 atom stereocenters. The van der Waals surface area contributed by atoms with Crippen LogP contribution in [-0.2, 0) is 12.8 Å². The fraction of sp³-hybridized carbons (Fsp3) is 0.815. The molecule has 2 aliphatic rings. The summed E-state index contributed by atoms with van der Waals surface area (Å²) in [6.07, 6.45) is 24.8. The van der Waals surface area contributed by atoms with Crippen LogP contribution in [0.5, 0.6) is 0 Å². The predicted octanol–water partition coefficient (Wildman–Crippen LogP) is 8.16. The Hall–Kier alpha value is -0.850. The van der Waals surface area contributed by atoms with Crippen LogP contribution in [0.4, 0.5) is 0 Å². The highest BCUT2D eigenvalue weighted by molar-refractivity contribution is 5.14. The molecule has 2 fully saturated rings. The third-order valence-electron chi connectivity index (χ3n) is 7.91. The Labute approximate surface area is 175 Å². The van der Waals surface area contributed by atoms with Crippen molar-refractivity contribution in [1.82, 2.24) is 4.98 Å². The third-order valence-corrected chi connectivity index (χ3v) is 7.91. The van der Waals surface area contributed by atoms with Gasteiger partial charge in [-0.15, -0.1) is 0 Å². The van der Waals surface area contributed by atoms with Crippen molar-refractivity contribution >= 4 is 0 Å². The number of pyridine rings is 1. The van der Waals surface area contributed by atoms with Crippen molar-refractivity contribution in [1.29, 1.82) is 0 Å². The molecule has 1 nitrogen and oxygen atoms in total. The van der Waals surface area contributed by atoms with Gasteiger partial charge in [-0.3, -0.25) is 4.98 Å². The molecule has 2 aliphatic carbocycles. The summed E-state index contributed by atoms with van der Waals surface area (Å²) in [5.41, 5.74) is 2.74. The zero-order valence-corrected chi connectivity index (χ0v) is 18.8. The van der Waals surface area contributed by atoms with Crippen LogP contribution in [0.25, 0.3) is 0 Å². The molecule has 0 saturated heterocycles. The van der Waals surface area contributed by atoms with E-state index in [9.17, 15) is 0 Å². The Morgan fingerprint density at radius 3 is 1.89 bits per heavy atom. The molecule has 0 radical (unpaired) electrons. The van der Waals surface area contributed by atoms with Gasteiger partial charge in [-0.05, 0) is 86.7 Å². The van der Waals surface area contributed by atoms with Gasteiger partial charge in [0.25, 0.3) is 0 Å². The molecular formula is C27H45N. The van der Waals surface area contributed by atoms with Gasteiger partial charge in [0.05, 0.1) is 0 Å². The Bertz CT molecular complexity index is 518. The van der Waals surface area contributed by atoms with Crippen molar-refractivity contribution in [2.45, 2.75) is 117 Å². The van der Waals surface area contributed by atoms with Gasteiger partial charge in [0, 0.05) is 11.9 Å². The van der Waals surface area contributed by atoms with Crippen molar-refractivity contribution in [2.24, 2.45) is 23.7 Å².